The summed E-state index contributed by atoms with van der Waals surface area (Å²) >= 11 is 0. The van der Waals surface area contributed by atoms with Crippen LogP contribution < -0.4 is 5.56 Å². The SMILES string of the molecule is Cc1cccc(F)c1.Cn1cc(-c2cc(C3CCCCC3)c(=O)n(Cc3ncccc3C(F)(F)F)n2)cn1. The molecule has 200 valence electrons. The topological polar surface area (TPSA) is 65.6 Å². The second-order valence-electron chi connectivity index (χ2n) is 9.48. The van der Waals surface area contributed by atoms with Crippen molar-refractivity contribution >= 4 is 0 Å². The second-order valence-corrected chi connectivity index (χ2v) is 9.48. The Kier molecular flexibility index (Phi) is 8.38. The molecule has 0 unspecified atom stereocenters. The zero-order valence-electron chi connectivity index (χ0n) is 21.2. The molecule has 1 aromatic carbocycles. The van der Waals surface area contributed by atoms with E-state index in [0.717, 1.165) is 48.4 Å². The van der Waals surface area contributed by atoms with Crippen molar-refractivity contribution in [3.05, 3.63) is 99.6 Å². The number of benzene rings is 1. The van der Waals surface area contributed by atoms with Gasteiger partial charge in [0, 0.05) is 30.6 Å². The van der Waals surface area contributed by atoms with Gasteiger partial charge >= 0.3 is 6.18 Å². The Hall–Kier alpha value is -3.82. The molecule has 1 fully saturated rings. The Balaban J connectivity index is 0.000000360. The summed E-state index contributed by atoms with van der Waals surface area (Å²) in [6.07, 6.45) is 5.12. The van der Waals surface area contributed by atoms with Gasteiger partial charge in [0.2, 0.25) is 0 Å². The Morgan fingerprint density at radius 2 is 1.82 bits per heavy atom. The van der Waals surface area contributed by atoms with E-state index in [1.807, 2.05) is 13.0 Å². The van der Waals surface area contributed by atoms with Crippen molar-refractivity contribution in [2.45, 2.75) is 57.7 Å². The highest BCUT2D eigenvalue weighted by Crippen LogP contribution is 2.33. The number of alkyl halides is 3. The van der Waals surface area contributed by atoms with E-state index in [4.69, 9.17) is 0 Å². The maximum absolute atomic E-state index is 13.4. The summed E-state index contributed by atoms with van der Waals surface area (Å²) in [5.41, 5.74) is 1.36. The minimum Gasteiger partial charge on any atom is -0.275 e. The maximum Gasteiger partial charge on any atom is 0.418 e. The van der Waals surface area contributed by atoms with Gasteiger partial charge in [-0.05, 0) is 61.6 Å². The monoisotopic (exact) mass is 527 g/mol. The van der Waals surface area contributed by atoms with Gasteiger partial charge in [-0.25, -0.2) is 9.07 Å². The van der Waals surface area contributed by atoms with Crippen molar-refractivity contribution in [2.75, 3.05) is 0 Å². The smallest absolute Gasteiger partial charge is 0.275 e. The third kappa shape index (κ3) is 6.73. The van der Waals surface area contributed by atoms with E-state index in [0.29, 0.717) is 16.8 Å². The number of pyridine rings is 1. The van der Waals surface area contributed by atoms with Crippen molar-refractivity contribution in [1.29, 1.82) is 0 Å². The van der Waals surface area contributed by atoms with Gasteiger partial charge in [-0.3, -0.25) is 14.5 Å². The van der Waals surface area contributed by atoms with E-state index in [1.165, 1.54) is 24.4 Å². The van der Waals surface area contributed by atoms with Crippen molar-refractivity contribution in [3.8, 4) is 11.3 Å². The molecular formula is C28H29F4N5O. The number of hydrogen-bond acceptors (Lipinski definition) is 4. The fraction of sp³-hybridized carbons (Fsp3) is 0.357. The summed E-state index contributed by atoms with van der Waals surface area (Å²) in [7, 11) is 1.77. The molecule has 0 aliphatic heterocycles. The van der Waals surface area contributed by atoms with E-state index < -0.39 is 11.7 Å². The van der Waals surface area contributed by atoms with Crippen LogP contribution in [0.1, 0.15) is 60.4 Å². The lowest BCUT2D eigenvalue weighted by Crippen LogP contribution is -2.30. The normalized spacial score (nSPS) is 14.2. The van der Waals surface area contributed by atoms with Crippen LogP contribution in [0.4, 0.5) is 17.6 Å². The van der Waals surface area contributed by atoms with Gasteiger partial charge in [0.1, 0.15) is 5.82 Å². The second kappa shape index (κ2) is 11.7. The molecule has 0 bridgehead atoms. The fourth-order valence-electron chi connectivity index (χ4n) is 4.64. The van der Waals surface area contributed by atoms with Gasteiger partial charge in [0.25, 0.3) is 5.56 Å². The third-order valence-electron chi connectivity index (χ3n) is 6.52. The summed E-state index contributed by atoms with van der Waals surface area (Å²) in [6, 6.07) is 10.5. The average molecular weight is 528 g/mol. The highest BCUT2D eigenvalue weighted by molar-refractivity contribution is 5.57. The van der Waals surface area contributed by atoms with Crippen LogP contribution in [0.2, 0.25) is 0 Å². The summed E-state index contributed by atoms with van der Waals surface area (Å²) in [5.74, 6) is -0.0771. The largest absolute Gasteiger partial charge is 0.418 e. The summed E-state index contributed by atoms with van der Waals surface area (Å²) in [4.78, 5) is 17.1. The molecule has 0 N–H and O–H groups in total. The lowest BCUT2D eigenvalue weighted by Gasteiger charge is -2.22. The zero-order chi connectivity index (χ0) is 27.3. The molecule has 3 aromatic heterocycles. The minimum absolute atomic E-state index is 0.0849. The summed E-state index contributed by atoms with van der Waals surface area (Å²) < 4.78 is 55.1. The quantitative estimate of drug-likeness (QED) is 0.293. The number of rotatable bonds is 4. The molecule has 0 radical (unpaired) electrons. The van der Waals surface area contributed by atoms with Gasteiger partial charge in [0.05, 0.1) is 29.7 Å². The first-order valence-corrected chi connectivity index (χ1v) is 12.5. The number of halogens is 4. The first-order chi connectivity index (χ1) is 18.1. The molecule has 0 saturated heterocycles. The lowest BCUT2D eigenvalue weighted by molar-refractivity contribution is -0.138. The molecule has 6 nitrogen and oxygen atoms in total. The lowest BCUT2D eigenvalue weighted by atomic mass is 9.84. The van der Waals surface area contributed by atoms with Crippen LogP contribution in [0, 0.1) is 12.7 Å². The predicted octanol–water partition coefficient (Wildman–Crippen LogP) is 6.29. The molecule has 0 atom stereocenters. The Morgan fingerprint density at radius 1 is 1.05 bits per heavy atom. The Labute approximate surface area is 218 Å². The van der Waals surface area contributed by atoms with Gasteiger partial charge in [-0.2, -0.15) is 23.4 Å². The maximum atomic E-state index is 13.4. The van der Waals surface area contributed by atoms with Crippen molar-refractivity contribution < 1.29 is 17.6 Å². The number of aryl methyl sites for hydroxylation is 2. The Bertz CT molecular complexity index is 1420. The summed E-state index contributed by atoms with van der Waals surface area (Å²) in [5, 5.41) is 8.52. The van der Waals surface area contributed by atoms with Crippen molar-refractivity contribution in [1.82, 2.24) is 24.5 Å². The van der Waals surface area contributed by atoms with Crippen molar-refractivity contribution in [3.63, 3.8) is 0 Å². The van der Waals surface area contributed by atoms with Gasteiger partial charge in [-0.15, -0.1) is 0 Å². The van der Waals surface area contributed by atoms with Crippen LogP contribution >= 0.6 is 0 Å². The molecule has 1 saturated carbocycles. The fourth-order valence-corrected chi connectivity index (χ4v) is 4.64. The third-order valence-corrected chi connectivity index (χ3v) is 6.52. The number of nitrogens with zero attached hydrogens (tertiary/aromatic N) is 5. The van der Waals surface area contributed by atoms with Crippen LogP contribution in [0.25, 0.3) is 11.3 Å². The molecule has 1 aliphatic rings. The van der Waals surface area contributed by atoms with Crippen LogP contribution in [-0.2, 0) is 19.8 Å². The van der Waals surface area contributed by atoms with E-state index in [-0.39, 0.29) is 29.5 Å². The predicted molar refractivity (Wildman–Crippen MR) is 136 cm³/mol. The zero-order valence-corrected chi connectivity index (χ0v) is 21.2. The standard InChI is InChI=1S/C21H22F3N5O.C7H7F/c1-28-12-15(11-26-28)18-10-16(14-6-3-2-4-7-14)20(30)29(27-18)13-19-17(21(22,23)24)8-5-9-25-19;1-6-3-2-4-7(8)5-6/h5,8-12,14H,2-4,6-7,13H2,1H3;2-5H,1H3. The number of hydrogen-bond donors (Lipinski definition) is 0. The van der Waals surface area contributed by atoms with Gasteiger partial charge in [0.15, 0.2) is 0 Å². The van der Waals surface area contributed by atoms with E-state index in [1.54, 1.807) is 36.3 Å². The molecule has 0 amide bonds. The van der Waals surface area contributed by atoms with E-state index in [2.05, 4.69) is 15.2 Å². The van der Waals surface area contributed by atoms with E-state index in [9.17, 15) is 22.4 Å². The van der Waals surface area contributed by atoms with Crippen LogP contribution in [-0.4, -0.2) is 24.5 Å². The first-order valence-electron chi connectivity index (χ1n) is 12.5. The van der Waals surface area contributed by atoms with Crippen LogP contribution in [0.3, 0.4) is 0 Å². The molecule has 5 rings (SSSR count). The van der Waals surface area contributed by atoms with Crippen LogP contribution in [0.5, 0.6) is 0 Å². The summed E-state index contributed by atoms with van der Waals surface area (Å²) in [6.45, 7) is 1.52. The highest BCUT2D eigenvalue weighted by Gasteiger charge is 2.34. The van der Waals surface area contributed by atoms with Crippen LogP contribution in [0.15, 0.2) is 65.8 Å². The molecule has 1 aliphatic carbocycles. The van der Waals surface area contributed by atoms with Crippen molar-refractivity contribution in [2.24, 2.45) is 7.05 Å². The Morgan fingerprint density at radius 3 is 2.42 bits per heavy atom. The molecule has 3 heterocycles. The average Bonchev–Trinajstić information content (AvgIpc) is 3.32. The molecule has 38 heavy (non-hydrogen) atoms. The first kappa shape index (κ1) is 27.2. The number of aromatic nitrogens is 5. The molecule has 4 aromatic rings. The molecule has 0 spiro atoms. The molecular weight excluding hydrogens is 498 g/mol. The molecule has 10 heteroatoms. The van der Waals surface area contributed by atoms with Gasteiger partial charge < -0.3 is 0 Å². The highest BCUT2D eigenvalue weighted by atomic mass is 19.4. The minimum atomic E-state index is -4.56. The van der Waals surface area contributed by atoms with E-state index >= 15 is 0 Å². The van der Waals surface area contributed by atoms with Gasteiger partial charge in [-0.1, -0.05) is 31.4 Å².